The molecule has 1 amide bonds. The highest BCUT2D eigenvalue weighted by Gasteiger charge is 2.53. The van der Waals surface area contributed by atoms with E-state index in [1.165, 1.54) is 4.90 Å². The van der Waals surface area contributed by atoms with Gasteiger partial charge in [0.25, 0.3) is 5.91 Å². The fraction of sp³-hybridized carbons (Fsp3) is 0.500. The molecule has 3 rings (SSSR count). The number of likely N-dealkylation sites (tertiary alicyclic amines) is 1. The monoisotopic (exact) mass is 382 g/mol. The van der Waals surface area contributed by atoms with Gasteiger partial charge in [-0.2, -0.15) is 0 Å². The van der Waals surface area contributed by atoms with E-state index < -0.39 is 17.7 Å². The summed E-state index contributed by atoms with van der Waals surface area (Å²) in [5, 5.41) is 9.52. The molecule has 7 heteroatoms. The Morgan fingerprint density at radius 1 is 1.30 bits per heavy atom. The van der Waals surface area contributed by atoms with E-state index in [-0.39, 0.29) is 12.5 Å². The molecule has 2 aliphatic rings. The molecule has 23 heavy (non-hydrogen) atoms. The number of carboxylic acids is 1. The molecule has 0 bridgehead atoms. The predicted octanol–water partition coefficient (Wildman–Crippen LogP) is 1.80. The topological polar surface area (TPSA) is 70.1 Å². The third-order valence-corrected chi connectivity index (χ3v) is 5.33. The normalized spacial score (nSPS) is 24.1. The van der Waals surface area contributed by atoms with Gasteiger partial charge < -0.3 is 14.7 Å². The second-order valence-corrected chi connectivity index (χ2v) is 6.92. The van der Waals surface area contributed by atoms with Gasteiger partial charge in [0.15, 0.2) is 6.04 Å². The Balaban J connectivity index is 1.98. The predicted molar refractivity (Wildman–Crippen MR) is 87.1 cm³/mol. The Kier molecular flexibility index (Phi) is 4.44. The molecule has 1 N–H and O–H groups in total. The summed E-state index contributed by atoms with van der Waals surface area (Å²) in [6, 6.07) is 6.12. The van der Waals surface area contributed by atoms with Crippen LogP contribution in [0.5, 0.6) is 0 Å². The highest BCUT2D eigenvalue weighted by atomic mass is 79.9. The highest BCUT2D eigenvalue weighted by molar-refractivity contribution is 9.10. The Labute approximate surface area is 143 Å². The minimum Gasteiger partial charge on any atom is -0.480 e. The van der Waals surface area contributed by atoms with Crippen LogP contribution < -0.4 is 0 Å². The number of ether oxygens (including phenoxy) is 1. The van der Waals surface area contributed by atoms with Crippen LogP contribution in [0.15, 0.2) is 28.7 Å². The first-order valence-corrected chi connectivity index (χ1v) is 8.37. The van der Waals surface area contributed by atoms with Gasteiger partial charge in [-0.3, -0.25) is 9.69 Å². The number of carbonyl (C=O) groups is 2. The zero-order chi connectivity index (χ0) is 16.6. The lowest BCUT2D eigenvalue weighted by Gasteiger charge is -2.43. The summed E-state index contributed by atoms with van der Waals surface area (Å²) in [7, 11) is 2.01. The van der Waals surface area contributed by atoms with Crippen LogP contribution in [0.1, 0.15) is 23.2 Å². The summed E-state index contributed by atoms with van der Waals surface area (Å²) >= 11 is 3.38. The standard InChI is InChI=1S/C16H19BrN2O4/c1-18-8-6-16(7-9-18)19(13(10-23-16)15(21)22)14(20)11-4-2-3-5-12(11)17/h2-5,13H,6-10H2,1H3,(H,21,22). The van der Waals surface area contributed by atoms with Crippen LogP contribution >= 0.6 is 15.9 Å². The molecular formula is C16H19BrN2O4. The summed E-state index contributed by atoms with van der Waals surface area (Å²) in [4.78, 5) is 28.3. The molecule has 2 heterocycles. The van der Waals surface area contributed by atoms with Crippen LogP contribution in [-0.2, 0) is 9.53 Å². The van der Waals surface area contributed by atoms with Gasteiger partial charge in [-0.15, -0.1) is 0 Å². The average Bonchev–Trinajstić information content (AvgIpc) is 2.90. The molecule has 1 aromatic carbocycles. The number of carbonyl (C=O) groups excluding carboxylic acids is 1. The average molecular weight is 383 g/mol. The molecule has 0 aromatic heterocycles. The van der Waals surface area contributed by atoms with Gasteiger partial charge in [0, 0.05) is 30.4 Å². The van der Waals surface area contributed by atoms with Gasteiger partial charge in [-0.25, -0.2) is 4.79 Å². The minimum atomic E-state index is -1.03. The van der Waals surface area contributed by atoms with E-state index in [9.17, 15) is 14.7 Å². The van der Waals surface area contributed by atoms with Crippen molar-refractivity contribution in [1.82, 2.24) is 9.80 Å². The van der Waals surface area contributed by atoms with Crippen LogP contribution in [0.3, 0.4) is 0 Å². The van der Waals surface area contributed by atoms with Gasteiger partial charge in [0.05, 0.1) is 12.2 Å². The zero-order valence-electron chi connectivity index (χ0n) is 12.9. The lowest BCUT2D eigenvalue weighted by molar-refractivity contribution is -0.143. The molecule has 0 aliphatic carbocycles. The maximum absolute atomic E-state index is 13.1. The summed E-state index contributed by atoms with van der Waals surface area (Å²) in [6.07, 6.45) is 1.23. The number of amides is 1. The van der Waals surface area contributed by atoms with Crippen LogP contribution in [0.4, 0.5) is 0 Å². The van der Waals surface area contributed by atoms with Crippen molar-refractivity contribution in [3.63, 3.8) is 0 Å². The van der Waals surface area contributed by atoms with Crippen molar-refractivity contribution in [2.45, 2.75) is 24.6 Å². The van der Waals surface area contributed by atoms with Crippen LogP contribution in [0.25, 0.3) is 0 Å². The van der Waals surface area contributed by atoms with Crippen LogP contribution in [-0.4, -0.2) is 65.3 Å². The van der Waals surface area contributed by atoms with Crippen molar-refractivity contribution in [3.8, 4) is 0 Å². The van der Waals surface area contributed by atoms with Gasteiger partial charge in [-0.1, -0.05) is 12.1 Å². The molecule has 2 saturated heterocycles. The Bertz CT molecular complexity index is 628. The molecule has 1 unspecified atom stereocenters. The highest BCUT2D eigenvalue weighted by Crippen LogP contribution is 2.38. The summed E-state index contributed by atoms with van der Waals surface area (Å²) in [5.41, 5.74) is -0.357. The number of benzene rings is 1. The summed E-state index contributed by atoms with van der Waals surface area (Å²) in [5.74, 6) is -1.33. The molecule has 2 fully saturated rings. The van der Waals surface area contributed by atoms with Crippen molar-refractivity contribution >= 4 is 27.8 Å². The molecule has 0 saturated carbocycles. The van der Waals surface area contributed by atoms with E-state index in [1.54, 1.807) is 18.2 Å². The zero-order valence-corrected chi connectivity index (χ0v) is 14.5. The molecule has 6 nitrogen and oxygen atoms in total. The van der Waals surface area contributed by atoms with Crippen LogP contribution in [0, 0.1) is 0 Å². The third-order valence-electron chi connectivity index (χ3n) is 4.64. The molecular weight excluding hydrogens is 364 g/mol. The number of hydrogen-bond donors (Lipinski definition) is 1. The summed E-state index contributed by atoms with van der Waals surface area (Å²) < 4.78 is 6.54. The molecule has 124 valence electrons. The molecule has 0 radical (unpaired) electrons. The maximum Gasteiger partial charge on any atom is 0.328 e. The number of hydrogen-bond acceptors (Lipinski definition) is 4. The largest absolute Gasteiger partial charge is 0.480 e. The van der Waals surface area contributed by atoms with Crippen LogP contribution in [0.2, 0.25) is 0 Å². The fourth-order valence-corrected chi connectivity index (χ4v) is 3.74. The van der Waals surface area contributed by atoms with Gasteiger partial charge in [-0.05, 0) is 35.1 Å². The Morgan fingerprint density at radius 2 is 1.96 bits per heavy atom. The Hall–Kier alpha value is -1.44. The summed E-state index contributed by atoms with van der Waals surface area (Å²) in [6.45, 7) is 1.58. The lowest BCUT2D eigenvalue weighted by Crippen LogP contribution is -2.57. The Morgan fingerprint density at radius 3 is 2.57 bits per heavy atom. The van der Waals surface area contributed by atoms with Crippen molar-refractivity contribution in [2.24, 2.45) is 0 Å². The fourth-order valence-electron chi connectivity index (χ4n) is 3.29. The van der Waals surface area contributed by atoms with Crippen molar-refractivity contribution in [3.05, 3.63) is 34.3 Å². The number of piperidine rings is 1. The first-order chi connectivity index (χ1) is 10.9. The first-order valence-electron chi connectivity index (χ1n) is 7.58. The number of aliphatic carboxylic acids is 1. The quantitative estimate of drug-likeness (QED) is 0.844. The SMILES string of the molecule is CN1CCC2(CC1)OCC(C(=O)O)N2C(=O)c1ccccc1Br. The molecule has 1 spiro atoms. The lowest BCUT2D eigenvalue weighted by atomic mass is 9.97. The van der Waals surface area contributed by atoms with E-state index in [0.29, 0.717) is 22.9 Å². The van der Waals surface area contributed by atoms with E-state index in [4.69, 9.17) is 4.74 Å². The van der Waals surface area contributed by atoms with E-state index in [2.05, 4.69) is 20.8 Å². The third kappa shape index (κ3) is 2.88. The number of halogens is 1. The van der Waals surface area contributed by atoms with E-state index >= 15 is 0 Å². The van der Waals surface area contributed by atoms with E-state index in [0.717, 1.165) is 13.1 Å². The van der Waals surface area contributed by atoms with Gasteiger partial charge >= 0.3 is 5.97 Å². The van der Waals surface area contributed by atoms with Crippen molar-refractivity contribution in [1.29, 1.82) is 0 Å². The van der Waals surface area contributed by atoms with Gasteiger partial charge in [0.2, 0.25) is 0 Å². The second-order valence-electron chi connectivity index (χ2n) is 6.07. The molecule has 1 aromatic rings. The van der Waals surface area contributed by atoms with Gasteiger partial charge in [0.1, 0.15) is 5.72 Å². The molecule has 1 atom stereocenters. The maximum atomic E-state index is 13.1. The van der Waals surface area contributed by atoms with Crippen molar-refractivity contribution in [2.75, 3.05) is 26.7 Å². The smallest absolute Gasteiger partial charge is 0.328 e. The van der Waals surface area contributed by atoms with Crippen molar-refractivity contribution < 1.29 is 19.4 Å². The van der Waals surface area contributed by atoms with E-state index in [1.807, 2.05) is 13.1 Å². The number of rotatable bonds is 2. The molecule has 2 aliphatic heterocycles. The number of carboxylic acid groups (broad SMARTS) is 1. The number of nitrogens with zero attached hydrogens (tertiary/aromatic N) is 2. The minimum absolute atomic E-state index is 0.0369. The second kappa shape index (κ2) is 6.22. The first kappa shape index (κ1) is 16.4.